The lowest BCUT2D eigenvalue weighted by Crippen LogP contribution is -2.11. The molecule has 158 valence electrons. The summed E-state index contributed by atoms with van der Waals surface area (Å²) in [5, 5.41) is 0. The van der Waals surface area contributed by atoms with Gasteiger partial charge >= 0.3 is 0 Å². The average Bonchev–Trinajstić information content (AvgIpc) is 2.73. The minimum Gasteiger partial charge on any atom is -0.490 e. The van der Waals surface area contributed by atoms with Crippen molar-refractivity contribution in [1.82, 2.24) is 4.98 Å². The number of pyridine rings is 1. The number of para-hydroxylation sites is 1. The van der Waals surface area contributed by atoms with Crippen LogP contribution >= 0.6 is 0 Å². The Morgan fingerprint density at radius 3 is 2.13 bits per heavy atom. The first-order chi connectivity index (χ1) is 14.4. The van der Waals surface area contributed by atoms with Gasteiger partial charge in [0, 0.05) is 17.3 Å². The lowest BCUT2D eigenvalue weighted by atomic mass is 9.94. The summed E-state index contributed by atoms with van der Waals surface area (Å²) in [5.41, 5.74) is 7.94. The molecule has 0 amide bonds. The van der Waals surface area contributed by atoms with Gasteiger partial charge in [-0.1, -0.05) is 50.2 Å². The SMILES string of the molecule is CCc1cccc(CC)c1-c1cc(OC(C)C)c(COc2ccccc2C)c(C)n1. The van der Waals surface area contributed by atoms with E-state index < -0.39 is 0 Å². The summed E-state index contributed by atoms with van der Waals surface area (Å²) in [4.78, 5) is 5.00. The standard InChI is InChI=1S/C27H33NO2/c1-7-21-13-11-14-22(8-2)27(21)24-16-26(30-18(3)4)23(20(6)28-24)17-29-25-15-10-9-12-19(25)5/h9-16,18H,7-8,17H2,1-6H3. The summed E-state index contributed by atoms with van der Waals surface area (Å²) in [5.74, 6) is 1.75. The fraction of sp³-hybridized carbons (Fsp3) is 0.370. The molecular weight excluding hydrogens is 370 g/mol. The first-order valence-electron chi connectivity index (χ1n) is 10.9. The van der Waals surface area contributed by atoms with Gasteiger partial charge in [-0.15, -0.1) is 0 Å². The monoisotopic (exact) mass is 403 g/mol. The molecular formula is C27H33NO2. The molecule has 1 heterocycles. The van der Waals surface area contributed by atoms with Gasteiger partial charge in [0.05, 0.1) is 17.4 Å². The summed E-state index contributed by atoms with van der Waals surface area (Å²) < 4.78 is 12.4. The highest BCUT2D eigenvalue weighted by molar-refractivity contribution is 5.70. The van der Waals surface area contributed by atoms with E-state index in [1.54, 1.807) is 0 Å². The highest BCUT2D eigenvalue weighted by Gasteiger charge is 2.18. The van der Waals surface area contributed by atoms with Gasteiger partial charge < -0.3 is 9.47 Å². The summed E-state index contributed by atoms with van der Waals surface area (Å²) in [6.07, 6.45) is 2.02. The maximum atomic E-state index is 6.23. The maximum Gasteiger partial charge on any atom is 0.130 e. The summed E-state index contributed by atoms with van der Waals surface area (Å²) in [6, 6.07) is 16.7. The topological polar surface area (TPSA) is 31.4 Å². The van der Waals surface area contributed by atoms with E-state index >= 15 is 0 Å². The quantitative estimate of drug-likeness (QED) is 0.412. The molecule has 0 saturated heterocycles. The number of ether oxygens (including phenoxy) is 2. The lowest BCUT2D eigenvalue weighted by Gasteiger charge is -2.20. The number of benzene rings is 2. The number of rotatable bonds is 8. The number of aromatic nitrogens is 1. The molecule has 0 atom stereocenters. The zero-order chi connectivity index (χ0) is 21.7. The lowest BCUT2D eigenvalue weighted by molar-refractivity contribution is 0.229. The largest absolute Gasteiger partial charge is 0.490 e. The Hall–Kier alpha value is -2.81. The third-order valence-corrected chi connectivity index (χ3v) is 5.37. The molecule has 0 fully saturated rings. The van der Waals surface area contributed by atoms with Gasteiger partial charge in [0.25, 0.3) is 0 Å². The molecule has 2 aromatic carbocycles. The summed E-state index contributed by atoms with van der Waals surface area (Å²) >= 11 is 0. The molecule has 0 saturated carbocycles. The van der Waals surface area contributed by atoms with Gasteiger partial charge in [0.1, 0.15) is 18.1 Å². The summed E-state index contributed by atoms with van der Waals surface area (Å²) in [6.45, 7) is 13.0. The second kappa shape index (κ2) is 9.80. The fourth-order valence-electron chi connectivity index (χ4n) is 3.77. The smallest absolute Gasteiger partial charge is 0.130 e. The van der Waals surface area contributed by atoms with Gasteiger partial charge in [-0.05, 0) is 63.3 Å². The third kappa shape index (κ3) is 4.84. The van der Waals surface area contributed by atoms with Crippen molar-refractivity contribution in [1.29, 1.82) is 0 Å². The molecule has 3 heteroatoms. The molecule has 3 nitrogen and oxygen atoms in total. The van der Waals surface area contributed by atoms with E-state index in [0.29, 0.717) is 6.61 Å². The van der Waals surface area contributed by atoms with Crippen LogP contribution in [-0.4, -0.2) is 11.1 Å². The molecule has 0 aliphatic heterocycles. The van der Waals surface area contributed by atoms with Crippen molar-refractivity contribution >= 4 is 0 Å². The molecule has 0 unspecified atom stereocenters. The maximum absolute atomic E-state index is 6.23. The predicted octanol–water partition coefficient (Wildman–Crippen LogP) is 6.86. The minimum atomic E-state index is 0.0731. The van der Waals surface area contributed by atoms with Gasteiger partial charge in [-0.2, -0.15) is 0 Å². The van der Waals surface area contributed by atoms with E-state index in [9.17, 15) is 0 Å². The molecule has 3 rings (SSSR count). The molecule has 1 aromatic heterocycles. The van der Waals surface area contributed by atoms with Crippen LogP contribution in [0.25, 0.3) is 11.3 Å². The van der Waals surface area contributed by atoms with Crippen molar-refractivity contribution in [2.24, 2.45) is 0 Å². The highest BCUT2D eigenvalue weighted by Crippen LogP contribution is 2.34. The van der Waals surface area contributed by atoms with Crippen molar-refractivity contribution in [3.05, 3.63) is 76.5 Å². The van der Waals surface area contributed by atoms with Crippen LogP contribution in [0.3, 0.4) is 0 Å². The van der Waals surface area contributed by atoms with Gasteiger partial charge in [-0.25, -0.2) is 0 Å². The van der Waals surface area contributed by atoms with Crippen molar-refractivity contribution in [3.8, 4) is 22.8 Å². The first kappa shape index (κ1) is 21.9. The molecule has 0 bridgehead atoms. The van der Waals surface area contributed by atoms with E-state index in [4.69, 9.17) is 14.5 Å². The number of aryl methyl sites for hydroxylation is 4. The van der Waals surface area contributed by atoms with Crippen LogP contribution in [0.1, 0.15) is 55.6 Å². The Bertz CT molecular complexity index is 985. The number of hydrogen-bond acceptors (Lipinski definition) is 3. The molecule has 0 spiro atoms. The number of hydrogen-bond donors (Lipinski definition) is 0. The van der Waals surface area contributed by atoms with E-state index in [1.807, 2.05) is 25.1 Å². The van der Waals surface area contributed by atoms with E-state index in [-0.39, 0.29) is 6.10 Å². The first-order valence-corrected chi connectivity index (χ1v) is 10.9. The van der Waals surface area contributed by atoms with Crippen LogP contribution in [0.4, 0.5) is 0 Å². The molecule has 0 radical (unpaired) electrons. The van der Waals surface area contributed by atoms with E-state index in [2.05, 4.69) is 65.0 Å². The summed E-state index contributed by atoms with van der Waals surface area (Å²) in [7, 11) is 0. The van der Waals surface area contributed by atoms with Crippen LogP contribution in [0.2, 0.25) is 0 Å². The van der Waals surface area contributed by atoms with Crippen LogP contribution in [0, 0.1) is 13.8 Å². The molecule has 0 aliphatic rings. The van der Waals surface area contributed by atoms with Gasteiger partial charge in [-0.3, -0.25) is 4.98 Å². The Balaban J connectivity index is 2.05. The minimum absolute atomic E-state index is 0.0731. The fourth-order valence-corrected chi connectivity index (χ4v) is 3.77. The molecule has 0 aliphatic carbocycles. The Labute approximate surface area is 181 Å². The second-order valence-corrected chi connectivity index (χ2v) is 7.95. The Morgan fingerprint density at radius 2 is 1.53 bits per heavy atom. The van der Waals surface area contributed by atoms with Crippen LogP contribution < -0.4 is 9.47 Å². The van der Waals surface area contributed by atoms with Crippen molar-refractivity contribution < 1.29 is 9.47 Å². The Kier molecular flexibility index (Phi) is 7.15. The van der Waals surface area contributed by atoms with E-state index in [1.165, 1.54) is 16.7 Å². The van der Waals surface area contributed by atoms with Gasteiger partial charge in [0.15, 0.2) is 0 Å². The second-order valence-electron chi connectivity index (χ2n) is 7.95. The van der Waals surface area contributed by atoms with Crippen molar-refractivity contribution in [3.63, 3.8) is 0 Å². The molecule has 0 N–H and O–H groups in total. The molecule has 3 aromatic rings. The average molecular weight is 404 g/mol. The van der Waals surface area contributed by atoms with Gasteiger partial charge in [0.2, 0.25) is 0 Å². The Morgan fingerprint density at radius 1 is 0.867 bits per heavy atom. The molecule has 30 heavy (non-hydrogen) atoms. The third-order valence-electron chi connectivity index (χ3n) is 5.37. The van der Waals surface area contributed by atoms with Crippen molar-refractivity contribution in [2.75, 3.05) is 0 Å². The van der Waals surface area contributed by atoms with E-state index in [0.717, 1.165) is 46.9 Å². The number of nitrogens with zero attached hydrogens (tertiary/aromatic N) is 1. The highest BCUT2D eigenvalue weighted by atomic mass is 16.5. The van der Waals surface area contributed by atoms with Crippen molar-refractivity contribution in [2.45, 2.75) is 67.1 Å². The van der Waals surface area contributed by atoms with Crippen LogP contribution in [-0.2, 0) is 19.4 Å². The van der Waals surface area contributed by atoms with Crippen LogP contribution in [0.5, 0.6) is 11.5 Å². The normalized spacial score (nSPS) is 11.0. The zero-order valence-electron chi connectivity index (χ0n) is 19.1. The van der Waals surface area contributed by atoms with Crippen LogP contribution in [0.15, 0.2) is 48.5 Å². The zero-order valence-corrected chi connectivity index (χ0v) is 19.1. The predicted molar refractivity (Wildman–Crippen MR) is 124 cm³/mol.